The van der Waals surface area contributed by atoms with Gasteiger partial charge in [0.05, 0.1) is 32.1 Å². The SMILES string of the molecule is COCCCN1CCOc2ccc(CO[C@H]3CN[C@@H](C[C@@H](O)c4nnn[nH]4)C[C@@H]3c3ccc(OC)cc3)cc21. The van der Waals surface area contributed by atoms with E-state index in [1.54, 1.807) is 14.2 Å². The fourth-order valence-electron chi connectivity index (χ4n) is 5.46. The van der Waals surface area contributed by atoms with E-state index >= 15 is 0 Å². The summed E-state index contributed by atoms with van der Waals surface area (Å²) < 4.78 is 23.1. The molecule has 0 unspecified atom stereocenters. The Labute approximate surface area is 228 Å². The zero-order valence-corrected chi connectivity index (χ0v) is 22.6. The first kappa shape index (κ1) is 27.3. The molecule has 2 aromatic carbocycles. The van der Waals surface area contributed by atoms with E-state index in [0.717, 1.165) is 55.3 Å². The predicted octanol–water partition coefficient (Wildman–Crippen LogP) is 2.60. The quantitative estimate of drug-likeness (QED) is 0.296. The first-order chi connectivity index (χ1) is 19.1. The van der Waals surface area contributed by atoms with Crippen LogP contribution in [0.4, 0.5) is 5.69 Å². The minimum atomic E-state index is -0.768. The van der Waals surface area contributed by atoms with Gasteiger partial charge in [0.15, 0.2) is 5.82 Å². The number of rotatable bonds is 12. The molecule has 210 valence electrons. The number of ether oxygens (including phenoxy) is 4. The van der Waals surface area contributed by atoms with E-state index < -0.39 is 6.10 Å². The summed E-state index contributed by atoms with van der Waals surface area (Å²) in [5.41, 5.74) is 3.41. The van der Waals surface area contributed by atoms with Crippen molar-refractivity contribution < 1.29 is 24.1 Å². The van der Waals surface area contributed by atoms with Gasteiger partial charge in [-0.15, -0.1) is 5.10 Å². The number of fused-ring (bicyclic) bond motifs is 1. The molecule has 1 fully saturated rings. The molecule has 2 aliphatic rings. The molecule has 4 atom stereocenters. The smallest absolute Gasteiger partial charge is 0.177 e. The van der Waals surface area contributed by atoms with Crippen LogP contribution in [-0.4, -0.2) is 84.9 Å². The summed E-state index contributed by atoms with van der Waals surface area (Å²) in [7, 11) is 3.41. The molecule has 3 heterocycles. The number of aliphatic hydroxyl groups excluding tert-OH is 1. The number of aromatic nitrogens is 4. The molecule has 0 amide bonds. The second-order valence-electron chi connectivity index (χ2n) is 10.1. The van der Waals surface area contributed by atoms with Gasteiger partial charge in [-0.1, -0.05) is 18.2 Å². The maximum atomic E-state index is 10.6. The molecular weight excluding hydrogens is 500 g/mol. The molecule has 39 heavy (non-hydrogen) atoms. The number of nitrogens with one attached hydrogen (secondary N) is 2. The summed E-state index contributed by atoms with van der Waals surface area (Å²) in [5.74, 6) is 2.26. The molecule has 0 aliphatic carbocycles. The molecule has 3 aromatic rings. The molecule has 0 saturated carbocycles. The lowest BCUT2D eigenvalue weighted by Crippen LogP contribution is -2.47. The molecule has 5 rings (SSSR count). The average Bonchev–Trinajstić information content (AvgIpc) is 3.52. The van der Waals surface area contributed by atoms with E-state index in [-0.39, 0.29) is 18.1 Å². The molecule has 11 nitrogen and oxygen atoms in total. The van der Waals surface area contributed by atoms with Gasteiger partial charge in [-0.25, -0.2) is 5.10 Å². The van der Waals surface area contributed by atoms with Crippen LogP contribution in [-0.2, 0) is 16.1 Å². The van der Waals surface area contributed by atoms with Crippen LogP contribution < -0.4 is 19.7 Å². The third-order valence-corrected chi connectivity index (χ3v) is 7.55. The number of aliphatic hydroxyl groups is 1. The predicted molar refractivity (Wildman–Crippen MR) is 145 cm³/mol. The van der Waals surface area contributed by atoms with Gasteiger partial charge < -0.3 is 34.3 Å². The maximum absolute atomic E-state index is 10.6. The second kappa shape index (κ2) is 13.2. The number of methoxy groups -OCH3 is 2. The van der Waals surface area contributed by atoms with Crippen LogP contribution in [0.3, 0.4) is 0 Å². The van der Waals surface area contributed by atoms with Crippen molar-refractivity contribution in [3.8, 4) is 11.5 Å². The topological polar surface area (TPSA) is 127 Å². The van der Waals surface area contributed by atoms with Crippen LogP contribution in [0.25, 0.3) is 0 Å². The largest absolute Gasteiger partial charge is 0.497 e. The second-order valence-corrected chi connectivity index (χ2v) is 10.1. The number of H-pyrrole nitrogens is 1. The number of hydrogen-bond donors (Lipinski definition) is 3. The molecule has 1 saturated heterocycles. The normalized spacial score (nSPS) is 21.7. The fourth-order valence-corrected chi connectivity index (χ4v) is 5.46. The van der Waals surface area contributed by atoms with Gasteiger partial charge in [-0.2, -0.15) is 0 Å². The first-order valence-electron chi connectivity index (χ1n) is 13.5. The van der Waals surface area contributed by atoms with Gasteiger partial charge in [0.25, 0.3) is 0 Å². The van der Waals surface area contributed by atoms with Crippen molar-refractivity contribution in [1.82, 2.24) is 25.9 Å². The monoisotopic (exact) mass is 538 g/mol. The van der Waals surface area contributed by atoms with Crippen molar-refractivity contribution in [2.45, 2.75) is 50.0 Å². The van der Waals surface area contributed by atoms with Crippen molar-refractivity contribution >= 4 is 5.69 Å². The molecule has 1 aromatic heterocycles. The number of tetrazole rings is 1. The van der Waals surface area contributed by atoms with E-state index in [1.165, 1.54) is 5.56 Å². The van der Waals surface area contributed by atoms with Crippen LogP contribution >= 0.6 is 0 Å². The van der Waals surface area contributed by atoms with Crippen molar-refractivity contribution in [1.29, 1.82) is 0 Å². The van der Waals surface area contributed by atoms with Gasteiger partial charge >= 0.3 is 0 Å². The zero-order valence-electron chi connectivity index (χ0n) is 22.6. The summed E-state index contributed by atoms with van der Waals surface area (Å²) in [6, 6.07) is 14.6. The number of piperidine rings is 1. The Hall–Kier alpha value is -3.25. The van der Waals surface area contributed by atoms with Gasteiger partial charge in [-0.3, -0.25) is 0 Å². The molecular formula is C28H38N6O5. The zero-order chi connectivity index (χ0) is 27.0. The minimum absolute atomic E-state index is 0.0381. The van der Waals surface area contributed by atoms with Crippen molar-refractivity contribution in [3.63, 3.8) is 0 Å². The Morgan fingerprint density at radius 2 is 2.05 bits per heavy atom. The van der Waals surface area contributed by atoms with Crippen molar-refractivity contribution in [2.75, 3.05) is 52.0 Å². The van der Waals surface area contributed by atoms with E-state index in [4.69, 9.17) is 18.9 Å². The highest BCUT2D eigenvalue weighted by molar-refractivity contribution is 5.61. The molecule has 0 bridgehead atoms. The summed E-state index contributed by atoms with van der Waals surface area (Å²) in [6.07, 6.45) is 1.47. The number of hydrogen-bond acceptors (Lipinski definition) is 10. The first-order valence-corrected chi connectivity index (χ1v) is 13.5. The Morgan fingerprint density at radius 1 is 1.18 bits per heavy atom. The molecule has 11 heteroatoms. The summed E-state index contributed by atoms with van der Waals surface area (Å²) >= 11 is 0. The van der Waals surface area contributed by atoms with Crippen molar-refractivity contribution in [2.24, 2.45) is 0 Å². The lowest BCUT2D eigenvalue weighted by atomic mass is 9.82. The minimum Gasteiger partial charge on any atom is -0.497 e. The highest BCUT2D eigenvalue weighted by atomic mass is 16.5. The van der Waals surface area contributed by atoms with Crippen LogP contribution in [0.1, 0.15) is 48.2 Å². The Kier molecular flexibility index (Phi) is 9.25. The van der Waals surface area contributed by atoms with E-state index in [0.29, 0.717) is 32.0 Å². The maximum Gasteiger partial charge on any atom is 0.177 e. The van der Waals surface area contributed by atoms with Gasteiger partial charge in [0, 0.05) is 38.8 Å². The van der Waals surface area contributed by atoms with Gasteiger partial charge in [0.1, 0.15) is 24.2 Å². The van der Waals surface area contributed by atoms with Crippen LogP contribution in [0.5, 0.6) is 11.5 Å². The highest BCUT2D eigenvalue weighted by Crippen LogP contribution is 2.36. The molecule has 3 N–H and O–H groups in total. The lowest BCUT2D eigenvalue weighted by molar-refractivity contribution is -0.00196. The third kappa shape index (κ3) is 6.85. The Bertz CT molecular complexity index is 1160. The lowest BCUT2D eigenvalue weighted by Gasteiger charge is -2.38. The average molecular weight is 539 g/mol. The number of benzene rings is 2. The number of anilines is 1. The summed E-state index contributed by atoms with van der Waals surface area (Å²) in [5, 5.41) is 27.9. The molecule has 0 spiro atoms. The number of nitrogens with zero attached hydrogens (tertiary/aromatic N) is 4. The fraction of sp³-hybridized carbons (Fsp3) is 0.536. The third-order valence-electron chi connectivity index (χ3n) is 7.55. The standard InChI is InChI=1S/C28H38N6O5/c1-36-12-3-10-34-11-13-38-26-9-4-19(14-24(26)34)18-39-27-17-29-21(16-25(35)28-30-32-33-31-28)15-23(27)20-5-7-22(37-2)8-6-20/h4-9,14,21,23,25,27,29,35H,3,10-13,15-18H2,1-2H3,(H,30,31,32,33)/t21-,23-,25-,27+/m1/s1. The molecule has 0 radical (unpaired) electrons. The Morgan fingerprint density at radius 3 is 2.82 bits per heavy atom. The van der Waals surface area contributed by atoms with Crippen LogP contribution in [0.2, 0.25) is 0 Å². The molecule has 2 aliphatic heterocycles. The van der Waals surface area contributed by atoms with E-state index in [2.05, 4.69) is 55.1 Å². The highest BCUT2D eigenvalue weighted by Gasteiger charge is 2.34. The Balaban J connectivity index is 1.27. The van der Waals surface area contributed by atoms with E-state index in [9.17, 15) is 5.11 Å². The summed E-state index contributed by atoms with van der Waals surface area (Å²) in [6.45, 7) is 4.39. The summed E-state index contributed by atoms with van der Waals surface area (Å²) in [4.78, 5) is 2.36. The van der Waals surface area contributed by atoms with Gasteiger partial charge in [0.2, 0.25) is 0 Å². The van der Waals surface area contributed by atoms with Crippen LogP contribution in [0.15, 0.2) is 42.5 Å². The number of aromatic amines is 1. The van der Waals surface area contributed by atoms with Crippen molar-refractivity contribution in [3.05, 3.63) is 59.4 Å². The van der Waals surface area contributed by atoms with Gasteiger partial charge in [-0.05, 0) is 65.1 Å². The van der Waals surface area contributed by atoms with Crippen LogP contribution in [0, 0.1) is 0 Å². The van der Waals surface area contributed by atoms with E-state index in [1.807, 2.05) is 18.2 Å².